The fourth-order valence-corrected chi connectivity index (χ4v) is 4.50. The molecule has 1 amide bonds. The molecule has 0 saturated carbocycles. The van der Waals surface area contributed by atoms with E-state index in [4.69, 9.17) is 4.52 Å². The van der Waals surface area contributed by atoms with E-state index in [1.165, 1.54) is 0 Å². The van der Waals surface area contributed by atoms with E-state index in [-0.39, 0.29) is 11.9 Å². The van der Waals surface area contributed by atoms with E-state index in [0.717, 1.165) is 22.2 Å². The van der Waals surface area contributed by atoms with Crippen LogP contribution in [-0.4, -0.2) is 32.4 Å². The number of rotatable bonds is 7. The first-order valence-corrected chi connectivity index (χ1v) is 12.2. The first-order valence-electron chi connectivity index (χ1n) is 11.1. The van der Waals surface area contributed by atoms with Gasteiger partial charge in [-0.15, -0.1) is 4.72 Å². The van der Waals surface area contributed by atoms with Crippen LogP contribution in [0.4, 0.5) is 0 Å². The maximum Gasteiger partial charge on any atom is 0.269 e. The van der Waals surface area contributed by atoms with Crippen LogP contribution in [0.25, 0.3) is 22.2 Å². The Bertz CT molecular complexity index is 1300. The van der Waals surface area contributed by atoms with Gasteiger partial charge in [-0.3, -0.25) is 4.79 Å². The average molecular weight is 477 g/mol. The Morgan fingerprint density at radius 3 is 2.56 bits per heavy atom. The number of nitrogens with zero attached hydrogens (tertiary/aromatic N) is 2. The van der Waals surface area contributed by atoms with Crippen molar-refractivity contribution in [2.45, 2.75) is 38.0 Å². The van der Waals surface area contributed by atoms with E-state index < -0.39 is 16.1 Å². The van der Waals surface area contributed by atoms with Crippen molar-refractivity contribution in [3.05, 3.63) is 83.7 Å². The third-order valence-electron chi connectivity index (χ3n) is 5.45. The van der Waals surface area contributed by atoms with Crippen LogP contribution in [0.5, 0.6) is 0 Å². The largest absolute Gasteiger partial charge is 0.598 e. The lowest BCUT2D eigenvalue weighted by Crippen LogP contribution is -2.42. The highest BCUT2D eigenvalue weighted by Gasteiger charge is 2.31. The van der Waals surface area contributed by atoms with Gasteiger partial charge < -0.3 is 14.4 Å². The molecule has 0 radical (unpaired) electrons. The molecule has 2 heterocycles. The summed E-state index contributed by atoms with van der Waals surface area (Å²) in [5.74, 6) is -0.251. The maximum absolute atomic E-state index is 13.2. The number of carbonyl (C=O) groups excluding carboxylic acids is 1. The summed E-state index contributed by atoms with van der Waals surface area (Å²) in [5, 5.41) is 7.86. The van der Waals surface area contributed by atoms with E-state index in [1.54, 1.807) is 13.1 Å². The van der Waals surface area contributed by atoms with Gasteiger partial charge in [0.15, 0.2) is 5.58 Å². The lowest BCUT2D eigenvalue weighted by molar-refractivity contribution is 0.0958. The number of hydrogen-bond donors (Lipinski definition) is 2. The van der Waals surface area contributed by atoms with Crippen molar-refractivity contribution in [2.24, 2.45) is 0 Å². The summed E-state index contributed by atoms with van der Waals surface area (Å²) in [4.78, 5) is 16.6. The van der Waals surface area contributed by atoms with Gasteiger partial charge >= 0.3 is 0 Å². The second-order valence-corrected chi connectivity index (χ2v) is 11.0. The van der Waals surface area contributed by atoms with E-state index in [2.05, 4.69) is 20.2 Å². The molecule has 0 aliphatic carbocycles. The molecule has 0 fully saturated rings. The smallest absolute Gasteiger partial charge is 0.269 e. The number of hydrogen-bond acceptors (Lipinski definition) is 6. The molecule has 2 unspecified atom stereocenters. The van der Waals surface area contributed by atoms with Crippen molar-refractivity contribution in [2.75, 3.05) is 7.05 Å². The third-order valence-corrected chi connectivity index (χ3v) is 7.06. The number of nitrogens with one attached hydrogen (secondary N) is 2. The molecule has 176 valence electrons. The topological polar surface area (TPSA) is 103 Å². The van der Waals surface area contributed by atoms with Gasteiger partial charge in [0, 0.05) is 41.5 Å². The fourth-order valence-electron chi connectivity index (χ4n) is 3.67. The zero-order valence-electron chi connectivity index (χ0n) is 19.7. The lowest BCUT2D eigenvalue weighted by Gasteiger charge is -2.29. The molecular weight excluding hydrogens is 448 g/mol. The normalized spacial score (nSPS) is 13.6. The van der Waals surface area contributed by atoms with Gasteiger partial charge in [-0.25, -0.2) is 4.98 Å². The molecular formula is C26H28N4O3S. The highest BCUT2D eigenvalue weighted by molar-refractivity contribution is 7.90. The van der Waals surface area contributed by atoms with Gasteiger partial charge in [-0.1, -0.05) is 47.6 Å². The number of benzene rings is 2. The Morgan fingerprint density at radius 1 is 1.06 bits per heavy atom. The maximum atomic E-state index is 13.2. The summed E-state index contributed by atoms with van der Waals surface area (Å²) in [6, 6.07) is 20.6. The molecule has 0 bridgehead atoms. The molecule has 0 aliphatic heterocycles. The molecule has 4 rings (SSSR count). The van der Waals surface area contributed by atoms with Crippen LogP contribution in [0.15, 0.2) is 71.3 Å². The van der Waals surface area contributed by atoms with E-state index in [9.17, 15) is 9.35 Å². The summed E-state index contributed by atoms with van der Waals surface area (Å²) in [7, 11) is 1.58. The Labute approximate surface area is 202 Å². The van der Waals surface area contributed by atoms with Gasteiger partial charge in [-0.05, 0) is 50.6 Å². The molecule has 0 spiro atoms. The summed E-state index contributed by atoms with van der Waals surface area (Å²) < 4.78 is 21.6. The molecule has 34 heavy (non-hydrogen) atoms. The first-order chi connectivity index (χ1) is 16.3. The van der Waals surface area contributed by atoms with Crippen LogP contribution in [0.2, 0.25) is 0 Å². The standard InChI is InChI=1S/C26H28N4O3S/c1-26(2,3)34(32)30-22(16-17-10-9-14-21(28-17)25(31)27-4)18-11-5-6-12-19(18)24-20-13-7-8-15-23(20)33-29-24/h5-15,22,30H,16H2,1-4H3,(H,27,31). The van der Waals surface area contributed by atoms with Crippen molar-refractivity contribution in [3.8, 4) is 11.3 Å². The Hall–Kier alpha value is -3.20. The fraction of sp³-hybridized carbons (Fsp3) is 0.269. The second-order valence-electron chi connectivity index (χ2n) is 8.96. The zero-order valence-corrected chi connectivity index (χ0v) is 20.5. The summed E-state index contributed by atoms with van der Waals surface area (Å²) in [5.41, 5.74) is 4.29. The molecule has 2 atom stereocenters. The Morgan fingerprint density at radius 2 is 1.79 bits per heavy atom. The van der Waals surface area contributed by atoms with Gasteiger partial charge in [0.25, 0.3) is 5.91 Å². The Balaban J connectivity index is 1.78. The predicted molar refractivity (Wildman–Crippen MR) is 135 cm³/mol. The van der Waals surface area contributed by atoms with Crippen LogP contribution in [0.3, 0.4) is 0 Å². The number of para-hydroxylation sites is 1. The SMILES string of the molecule is CNC(=O)c1cccc(CC(N[S+]([O-])C(C)(C)C)c2ccccc2-c2noc3ccccc23)n1. The molecule has 8 heteroatoms. The zero-order chi connectivity index (χ0) is 24.3. The number of amides is 1. The van der Waals surface area contributed by atoms with Crippen LogP contribution in [-0.2, 0) is 17.8 Å². The highest BCUT2D eigenvalue weighted by atomic mass is 32.2. The molecule has 2 aromatic heterocycles. The van der Waals surface area contributed by atoms with E-state index >= 15 is 0 Å². The van der Waals surface area contributed by atoms with Crippen molar-refractivity contribution in [3.63, 3.8) is 0 Å². The molecule has 4 aromatic rings. The molecule has 7 nitrogen and oxygen atoms in total. The number of carbonyl (C=O) groups is 1. The number of pyridine rings is 1. The van der Waals surface area contributed by atoms with E-state index in [0.29, 0.717) is 23.4 Å². The highest BCUT2D eigenvalue weighted by Crippen LogP contribution is 2.35. The lowest BCUT2D eigenvalue weighted by atomic mass is 9.94. The van der Waals surface area contributed by atoms with Gasteiger partial charge in [-0.2, -0.15) is 0 Å². The summed E-state index contributed by atoms with van der Waals surface area (Å²) in [6.07, 6.45) is 0.430. The molecule has 2 N–H and O–H groups in total. The Kier molecular flexibility index (Phi) is 7.02. The van der Waals surface area contributed by atoms with Crippen LogP contribution in [0, 0.1) is 0 Å². The van der Waals surface area contributed by atoms with Gasteiger partial charge in [0.05, 0.1) is 6.04 Å². The van der Waals surface area contributed by atoms with Crippen molar-refractivity contribution in [1.29, 1.82) is 0 Å². The molecule has 0 saturated heterocycles. The monoisotopic (exact) mass is 476 g/mol. The van der Waals surface area contributed by atoms with Gasteiger partial charge in [0.1, 0.15) is 16.1 Å². The predicted octanol–water partition coefficient (Wildman–Crippen LogP) is 4.59. The average Bonchev–Trinajstić information content (AvgIpc) is 3.26. The quantitative estimate of drug-likeness (QED) is 0.378. The van der Waals surface area contributed by atoms with Crippen molar-refractivity contribution >= 4 is 28.2 Å². The molecule has 2 aromatic carbocycles. The third kappa shape index (κ3) is 5.14. The minimum Gasteiger partial charge on any atom is -0.598 e. The van der Waals surface area contributed by atoms with Crippen LogP contribution in [0.1, 0.15) is 48.6 Å². The van der Waals surface area contributed by atoms with E-state index in [1.807, 2.05) is 81.4 Å². The minimum atomic E-state index is -1.34. The number of fused-ring (bicyclic) bond motifs is 1. The first kappa shape index (κ1) is 23.9. The molecule has 0 aliphatic rings. The van der Waals surface area contributed by atoms with Crippen molar-refractivity contribution < 1.29 is 13.9 Å². The summed E-state index contributed by atoms with van der Waals surface area (Å²) >= 11 is -1.34. The second kappa shape index (κ2) is 9.97. The number of aromatic nitrogens is 2. The summed E-state index contributed by atoms with van der Waals surface area (Å²) in [6.45, 7) is 5.78. The van der Waals surface area contributed by atoms with Gasteiger partial charge in [0.2, 0.25) is 0 Å². The van der Waals surface area contributed by atoms with Crippen LogP contribution >= 0.6 is 0 Å². The van der Waals surface area contributed by atoms with Crippen molar-refractivity contribution in [1.82, 2.24) is 20.2 Å². The minimum absolute atomic E-state index is 0.251. The van der Waals surface area contributed by atoms with Crippen LogP contribution < -0.4 is 10.0 Å².